The topological polar surface area (TPSA) is 91.5 Å². The molecule has 1 fully saturated rings. The van der Waals surface area contributed by atoms with Gasteiger partial charge >= 0.3 is 0 Å². The number of hydrogen-bond acceptors (Lipinski definition) is 8. The molecule has 1 aromatic carbocycles. The predicted molar refractivity (Wildman–Crippen MR) is 115 cm³/mol. The fraction of sp³-hybridized carbons (Fsp3) is 0.474. The van der Waals surface area contributed by atoms with Crippen molar-refractivity contribution < 1.29 is 4.79 Å². The molecule has 0 saturated carbocycles. The van der Waals surface area contributed by atoms with Crippen LogP contribution in [0.2, 0.25) is 0 Å². The van der Waals surface area contributed by atoms with Gasteiger partial charge in [0.2, 0.25) is 17.8 Å². The van der Waals surface area contributed by atoms with Crippen LogP contribution in [0.3, 0.4) is 0 Å². The number of piperazine rings is 1. The van der Waals surface area contributed by atoms with Gasteiger partial charge in [0, 0.05) is 46.0 Å². The Morgan fingerprint density at radius 2 is 1.82 bits per heavy atom. The van der Waals surface area contributed by atoms with Gasteiger partial charge in [-0.2, -0.15) is 15.0 Å². The van der Waals surface area contributed by atoms with E-state index in [1.54, 1.807) is 4.90 Å². The second-order valence-electron chi connectivity index (χ2n) is 6.91. The van der Waals surface area contributed by atoms with E-state index in [1.807, 2.05) is 44.1 Å². The molecule has 0 aliphatic carbocycles. The van der Waals surface area contributed by atoms with Gasteiger partial charge in [-0.25, -0.2) is 0 Å². The van der Waals surface area contributed by atoms with Crippen molar-refractivity contribution in [1.29, 1.82) is 0 Å². The highest BCUT2D eigenvalue weighted by molar-refractivity contribution is 7.99. The zero-order valence-corrected chi connectivity index (χ0v) is 17.4. The number of nitrogen functional groups attached to an aromatic ring is 1. The van der Waals surface area contributed by atoms with Crippen LogP contribution >= 0.6 is 11.8 Å². The number of nitrogens with two attached hydrogens (primary N) is 1. The number of para-hydroxylation sites is 1. The lowest BCUT2D eigenvalue weighted by molar-refractivity contribution is -0.130. The van der Waals surface area contributed by atoms with Crippen molar-refractivity contribution in [2.75, 3.05) is 55.8 Å². The van der Waals surface area contributed by atoms with Gasteiger partial charge < -0.3 is 20.4 Å². The summed E-state index contributed by atoms with van der Waals surface area (Å²) in [5.74, 6) is 2.00. The molecule has 1 unspecified atom stereocenters. The van der Waals surface area contributed by atoms with Crippen LogP contribution in [0.5, 0.6) is 0 Å². The van der Waals surface area contributed by atoms with Crippen molar-refractivity contribution in [3.8, 4) is 0 Å². The van der Waals surface area contributed by atoms with Crippen LogP contribution in [-0.4, -0.2) is 71.3 Å². The maximum Gasteiger partial charge on any atom is 0.235 e. The molecule has 1 aromatic heterocycles. The van der Waals surface area contributed by atoms with E-state index in [2.05, 4.69) is 32.0 Å². The van der Waals surface area contributed by atoms with Gasteiger partial charge in [0.15, 0.2) is 0 Å². The monoisotopic (exact) mass is 401 g/mol. The van der Waals surface area contributed by atoms with Crippen LogP contribution in [0.4, 0.5) is 17.6 Å². The number of rotatable bonds is 6. The second kappa shape index (κ2) is 9.09. The third-order valence-electron chi connectivity index (χ3n) is 4.61. The summed E-state index contributed by atoms with van der Waals surface area (Å²) in [5.41, 5.74) is 6.97. The Labute approximate surface area is 170 Å². The third kappa shape index (κ3) is 5.03. The molecular weight excluding hydrogens is 374 g/mol. The highest BCUT2D eigenvalue weighted by Crippen LogP contribution is 2.21. The summed E-state index contributed by atoms with van der Waals surface area (Å²) in [6, 6.07) is 10.3. The largest absolute Gasteiger partial charge is 0.368 e. The lowest BCUT2D eigenvalue weighted by atomic mass is 10.2. The molecule has 1 saturated heterocycles. The molecule has 3 rings (SSSR count). The number of carbonyl (C=O) groups excluding carboxylic acids is 1. The standard InChI is InChI=1S/C19H27N7OS/c1-14(28-13-16-21-18(20)23-19(22-16)24(2)3)17(27)26-11-9-25(10-12-26)15-7-5-4-6-8-15/h4-8,14H,9-13H2,1-3H3,(H2,20,21,22,23). The highest BCUT2D eigenvalue weighted by Gasteiger charge is 2.25. The van der Waals surface area contributed by atoms with E-state index in [4.69, 9.17) is 5.73 Å². The molecule has 0 radical (unpaired) electrons. The van der Waals surface area contributed by atoms with E-state index in [-0.39, 0.29) is 17.1 Å². The molecule has 1 amide bonds. The summed E-state index contributed by atoms with van der Waals surface area (Å²) in [5, 5.41) is -0.163. The Hall–Kier alpha value is -2.55. The summed E-state index contributed by atoms with van der Waals surface area (Å²) in [7, 11) is 3.71. The average molecular weight is 402 g/mol. The summed E-state index contributed by atoms with van der Waals surface area (Å²) < 4.78 is 0. The maximum atomic E-state index is 12.8. The van der Waals surface area contributed by atoms with Gasteiger partial charge in [-0.1, -0.05) is 18.2 Å². The summed E-state index contributed by atoms with van der Waals surface area (Å²) in [6.07, 6.45) is 0. The Morgan fingerprint density at radius 3 is 2.46 bits per heavy atom. The van der Waals surface area contributed by atoms with Gasteiger partial charge in [-0.3, -0.25) is 4.79 Å². The second-order valence-corrected chi connectivity index (χ2v) is 8.23. The number of nitrogens with zero attached hydrogens (tertiary/aromatic N) is 6. The first-order valence-electron chi connectivity index (χ1n) is 9.32. The van der Waals surface area contributed by atoms with Crippen LogP contribution in [0.15, 0.2) is 30.3 Å². The SMILES string of the molecule is CC(SCc1nc(N)nc(N(C)C)n1)C(=O)N1CCN(c2ccccc2)CC1. The molecule has 28 heavy (non-hydrogen) atoms. The Bertz CT molecular complexity index is 794. The Morgan fingerprint density at radius 1 is 1.14 bits per heavy atom. The molecule has 0 spiro atoms. The summed E-state index contributed by atoms with van der Waals surface area (Å²) in [6.45, 7) is 5.12. The predicted octanol–water partition coefficient (Wildman–Crippen LogP) is 1.49. The maximum absolute atomic E-state index is 12.8. The van der Waals surface area contributed by atoms with E-state index >= 15 is 0 Å². The number of aromatic nitrogens is 3. The molecule has 1 aliphatic rings. The van der Waals surface area contributed by atoms with Crippen LogP contribution < -0.4 is 15.5 Å². The van der Waals surface area contributed by atoms with Gasteiger partial charge in [0.25, 0.3) is 0 Å². The number of benzene rings is 1. The molecule has 2 heterocycles. The lowest BCUT2D eigenvalue weighted by Crippen LogP contribution is -2.50. The average Bonchev–Trinajstić information content (AvgIpc) is 2.72. The van der Waals surface area contributed by atoms with Crippen LogP contribution in [0.25, 0.3) is 0 Å². The van der Waals surface area contributed by atoms with Crippen molar-refractivity contribution in [2.24, 2.45) is 0 Å². The fourth-order valence-corrected chi connectivity index (χ4v) is 3.86. The quantitative estimate of drug-likeness (QED) is 0.778. The number of amides is 1. The van der Waals surface area contributed by atoms with Crippen molar-refractivity contribution in [1.82, 2.24) is 19.9 Å². The first kappa shape index (κ1) is 20.2. The van der Waals surface area contributed by atoms with E-state index in [9.17, 15) is 4.79 Å². The van der Waals surface area contributed by atoms with Gasteiger partial charge in [0.05, 0.1) is 11.0 Å². The molecule has 9 heteroatoms. The summed E-state index contributed by atoms with van der Waals surface area (Å²) in [4.78, 5) is 31.5. The fourth-order valence-electron chi connectivity index (χ4n) is 3.04. The molecule has 2 N–H and O–H groups in total. The highest BCUT2D eigenvalue weighted by atomic mass is 32.2. The van der Waals surface area contributed by atoms with Crippen molar-refractivity contribution in [3.05, 3.63) is 36.2 Å². The molecule has 1 atom stereocenters. The van der Waals surface area contributed by atoms with Crippen molar-refractivity contribution >= 4 is 35.3 Å². The number of hydrogen-bond donors (Lipinski definition) is 1. The van der Waals surface area contributed by atoms with Crippen molar-refractivity contribution in [3.63, 3.8) is 0 Å². The molecular formula is C19H27N7OS. The van der Waals surface area contributed by atoms with Crippen LogP contribution in [0, 0.1) is 0 Å². The van der Waals surface area contributed by atoms with Crippen molar-refractivity contribution in [2.45, 2.75) is 17.9 Å². The van der Waals surface area contributed by atoms with Crippen LogP contribution in [0.1, 0.15) is 12.7 Å². The van der Waals surface area contributed by atoms with E-state index < -0.39 is 0 Å². The van der Waals surface area contributed by atoms with Gasteiger partial charge in [0.1, 0.15) is 5.82 Å². The number of thioether (sulfide) groups is 1. The smallest absolute Gasteiger partial charge is 0.235 e. The summed E-state index contributed by atoms with van der Waals surface area (Å²) >= 11 is 1.53. The lowest BCUT2D eigenvalue weighted by Gasteiger charge is -2.37. The zero-order chi connectivity index (χ0) is 20.1. The normalized spacial score (nSPS) is 15.4. The Kier molecular flexibility index (Phi) is 6.56. The van der Waals surface area contributed by atoms with Gasteiger partial charge in [-0.15, -0.1) is 11.8 Å². The van der Waals surface area contributed by atoms with E-state index in [1.165, 1.54) is 17.4 Å². The van der Waals surface area contributed by atoms with E-state index in [0.29, 0.717) is 17.5 Å². The molecule has 150 valence electrons. The Balaban J connectivity index is 1.51. The minimum atomic E-state index is -0.163. The number of carbonyl (C=O) groups is 1. The van der Waals surface area contributed by atoms with Gasteiger partial charge in [-0.05, 0) is 19.1 Å². The first-order valence-corrected chi connectivity index (χ1v) is 10.4. The number of anilines is 3. The zero-order valence-electron chi connectivity index (χ0n) is 16.6. The molecule has 1 aliphatic heterocycles. The third-order valence-corrected chi connectivity index (χ3v) is 5.74. The minimum Gasteiger partial charge on any atom is -0.368 e. The van der Waals surface area contributed by atoms with Crippen LogP contribution in [-0.2, 0) is 10.5 Å². The molecule has 8 nitrogen and oxygen atoms in total. The molecule has 0 bridgehead atoms. The molecule has 2 aromatic rings. The van der Waals surface area contributed by atoms with E-state index in [0.717, 1.165) is 26.2 Å². The minimum absolute atomic E-state index is 0.160. The first-order chi connectivity index (χ1) is 13.4.